The Morgan fingerprint density at radius 3 is 2.37 bits per heavy atom. The van der Waals surface area contributed by atoms with Gasteiger partial charge in [0.15, 0.2) is 0 Å². The molecule has 0 aromatic carbocycles. The molecule has 0 rings (SSSR count). The molecule has 3 nitrogen and oxygen atoms in total. The number of unbranched alkanes of at least 4 members (excludes halogenated alkanes) is 3. The molecule has 19 heavy (non-hydrogen) atoms. The number of carbonyl (C=O) groups excluding carboxylic acids is 1. The highest BCUT2D eigenvalue weighted by Gasteiger charge is 2.24. The van der Waals surface area contributed by atoms with Crippen LogP contribution in [0.1, 0.15) is 72.6 Å². The van der Waals surface area contributed by atoms with Crippen LogP contribution in [0, 0.1) is 11.3 Å². The van der Waals surface area contributed by atoms with Gasteiger partial charge >= 0.3 is 0 Å². The van der Waals surface area contributed by atoms with Gasteiger partial charge in [0.25, 0.3) is 0 Å². The van der Waals surface area contributed by atoms with E-state index in [-0.39, 0.29) is 11.3 Å². The van der Waals surface area contributed by atoms with Gasteiger partial charge in [0.2, 0.25) is 5.91 Å². The predicted octanol–water partition coefficient (Wildman–Crippen LogP) is 3.47. The Hall–Kier alpha value is -0.570. The Labute approximate surface area is 119 Å². The minimum absolute atomic E-state index is 0.197. The van der Waals surface area contributed by atoms with E-state index in [0.29, 0.717) is 18.9 Å². The minimum Gasteiger partial charge on any atom is -0.356 e. The van der Waals surface area contributed by atoms with Gasteiger partial charge in [-0.05, 0) is 37.1 Å². The van der Waals surface area contributed by atoms with E-state index in [1.165, 1.54) is 19.3 Å². The smallest absolute Gasteiger partial charge is 0.220 e. The zero-order chi connectivity index (χ0) is 14.7. The fourth-order valence-electron chi connectivity index (χ4n) is 2.38. The third kappa shape index (κ3) is 9.94. The molecule has 0 saturated heterocycles. The molecule has 3 heteroatoms. The van der Waals surface area contributed by atoms with E-state index in [4.69, 9.17) is 5.73 Å². The molecule has 0 saturated carbocycles. The summed E-state index contributed by atoms with van der Waals surface area (Å²) < 4.78 is 0. The quantitative estimate of drug-likeness (QED) is 0.597. The Morgan fingerprint density at radius 2 is 1.84 bits per heavy atom. The highest BCUT2D eigenvalue weighted by atomic mass is 16.1. The molecule has 114 valence electrons. The van der Waals surface area contributed by atoms with Gasteiger partial charge in [-0.2, -0.15) is 0 Å². The van der Waals surface area contributed by atoms with Crippen molar-refractivity contribution in [3.63, 3.8) is 0 Å². The van der Waals surface area contributed by atoms with Crippen LogP contribution in [-0.4, -0.2) is 19.0 Å². The Balaban J connectivity index is 3.80. The summed E-state index contributed by atoms with van der Waals surface area (Å²) in [6.07, 6.45) is 7.41. The lowest BCUT2D eigenvalue weighted by molar-refractivity contribution is -0.121. The van der Waals surface area contributed by atoms with Crippen LogP contribution in [0.25, 0.3) is 0 Å². The van der Waals surface area contributed by atoms with Crippen LogP contribution in [0.15, 0.2) is 0 Å². The summed E-state index contributed by atoms with van der Waals surface area (Å²) in [5.41, 5.74) is 5.90. The summed E-state index contributed by atoms with van der Waals surface area (Å²) in [6, 6.07) is 0. The van der Waals surface area contributed by atoms with Crippen molar-refractivity contribution in [3.05, 3.63) is 0 Å². The minimum atomic E-state index is 0.197. The van der Waals surface area contributed by atoms with Crippen molar-refractivity contribution in [1.82, 2.24) is 5.32 Å². The van der Waals surface area contributed by atoms with Crippen LogP contribution in [-0.2, 0) is 4.79 Å². The number of nitrogens with two attached hydrogens (primary N) is 1. The van der Waals surface area contributed by atoms with Gasteiger partial charge in [-0.25, -0.2) is 0 Å². The lowest BCUT2D eigenvalue weighted by atomic mass is 9.76. The van der Waals surface area contributed by atoms with Crippen LogP contribution in [0.4, 0.5) is 0 Å². The van der Waals surface area contributed by atoms with Gasteiger partial charge < -0.3 is 11.1 Å². The van der Waals surface area contributed by atoms with Gasteiger partial charge in [0.05, 0.1) is 0 Å². The molecule has 1 amide bonds. The molecule has 1 unspecified atom stereocenters. The molecule has 0 radical (unpaired) electrons. The highest BCUT2D eigenvalue weighted by molar-refractivity contribution is 5.75. The fraction of sp³-hybridized carbons (Fsp3) is 0.938. The lowest BCUT2D eigenvalue weighted by Crippen LogP contribution is -2.28. The molecule has 0 aliphatic rings. The number of hydrogen-bond acceptors (Lipinski definition) is 2. The summed E-state index contributed by atoms with van der Waals surface area (Å²) >= 11 is 0. The van der Waals surface area contributed by atoms with E-state index in [0.717, 1.165) is 25.8 Å². The molecule has 0 spiro atoms. The average Bonchev–Trinajstić information content (AvgIpc) is 2.32. The summed E-state index contributed by atoms with van der Waals surface area (Å²) in [4.78, 5) is 11.8. The molecule has 0 aliphatic carbocycles. The maximum Gasteiger partial charge on any atom is 0.220 e. The number of amides is 1. The third-order valence-electron chi connectivity index (χ3n) is 3.81. The van der Waals surface area contributed by atoms with Crippen molar-refractivity contribution < 1.29 is 4.79 Å². The van der Waals surface area contributed by atoms with E-state index in [2.05, 4.69) is 33.0 Å². The summed E-state index contributed by atoms with van der Waals surface area (Å²) in [5, 5.41) is 3.02. The highest BCUT2D eigenvalue weighted by Crippen LogP contribution is 2.31. The molecule has 0 aromatic heterocycles. The number of rotatable bonds is 10. The Kier molecular flexibility index (Phi) is 9.94. The van der Waals surface area contributed by atoms with Gasteiger partial charge in [0.1, 0.15) is 0 Å². The standard InChI is InChI=1S/C16H34N2O/c1-5-6-7-8-13-18-15(19)10-9-14(11-12-17)16(2,3)4/h14H,5-13,17H2,1-4H3,(H,18,19). The molecular formula is C16H34N2O. The molecule has 0 bridgehead atoms. The van der Waals surface area contributed by atoms with E-state index >= 15 is 0 Å². The van der Waals surface area contributed by atoms with Gasteiger partial charge in [-0.15, -0.1) is 0 Å². The Bertz CT molecular complexity index is 233. The van der Waals surface area contributed by atoms with E-state index in [1.807, 2.05) is 0 Å². The molecule has 0 heterocycles. The predicted molar refractivity (Wildman–Crippen MR) is 83.0 cm³/mol. The van der Waals surface area contributed by atoms with Crippen molar-refractivity contribution in [1.29, 1.82) is 0 Å². The Morgan fingerprint density at radius 1 is 1.16 bits per heavy atom. The normalized spacial score (nSPS) is 13.3. The van der Waals surface area contributed by atoms with Crippen molar-refractivity contribution >= 4 is 5.91 Å². The van der Waals surface area contributed by atoms with Crippen molar-refractivity contribution in [3.8, 4) is 0 Å². The van der Waals surface area contributed by atoms with Crippen LogP contribution in [0.5, 0.6) is 0 Å². The first-order valence-corrected chi connectivity index (χ1v) is 7.88. The summed E-state index contributed by atoms with van der Waals surface area (Å²) in [6.45, 7) is 10.4. The molecule has 1 atom stereocenters. The summed E-state index contributed by atoms with van der Waals surface area (Å²) in [7, 11) is 0. The zero-order valence-electron chi connectivity index (χ0n) is 13.4. The van der Waals surface area contributed by atoms with Gasteiger partial charge in [-0.3, -0.25) is 4.79 Å². The molecule has 3 N–H and O–H groups in total. The average molecular weight is 270 g/mol. The second-order valence-corrected chi connectivity index (χ2v) is 6.59. The first kappa shape index (κ1) is 18.4. The number of nitrogens with one attached hydrogen (secondary N) is 1. The maximum absolute atomic E-state index is 11.8. The van der Waals surface area contributed by atoms with Gasteiger partial charge in [-0.1, -0.05) is 47.0 Å². The molecular weight excluding hydrogens is 236 g/mol. The SMILES string of the molecule is CCCCCCNC(=O)CCC(CCN)C(C)(C)C. The lowest BCUT2D eigenvalue weighted by Gasteiger charge is -2.30. The second-order valence-electron chi connectivity index (χ2n) is 6.59. The fourth-order valence-corrected chi connectivity index (χ4v) is 2.38. The van der Waals surface area contributed by atoms with Crippen LogP contribution < -0.4 is 11.1 Å². The van der Waals surface area contributed by atoms with Crippen molar-refractivity contribution in [2.75, 3.05) is 13.1 Å². The van der Waals surface area contributed by atoms with Crippen molar-refractivity contribution in [2.45, 2.75) is 72.6 Å². The monoisotopic (exact) mass is 270 g/mol. The van der Waals surface area contributed by atoms with Crippen LogP contribution in [0.2, 0.25) is 0 Å². The molecule has 0 aliphatic heterocycles. The van der Waals surface area contributed by atoms with Crippen LogP contribution in [0.3, 0.4) is 0 Å². The topological polar surface area (TPSA) is 55.1 Å². The van der Waals surface area contributed by atoms with E-state index in [9.17, 15) is 4.79 Å². The van der Waals surface area contributed by atoms with Gasteiger partial charge in [0, 0.05) is 13.0 Å². The number of carbonyl (C=O) groups is 1. The maximum atomic E-state index is 11.8. The molecule has 0 aromatic rings. The van der Waals surface area contributed by atoms with Crippen LogP contribution >= 0.6 is 0 Å². The zero-order valence-corrected chi connectivity index (χ0v) is 13.4. The number of hydrogen-bond donors (Lipinski definition) is 2. The molecule has 0 fully saturated rings. The first-order valence-electron chi connectivity index (χ1n) is 7.88. The summed E-state index contributed by atoms with van der Waals surface area (Å²) in [5.74, 6) is 0.728. The first-order chi connectivity index (χ1) is 8.91. The second kappa shape index (κ2) is 10.2. The largest absolute Gasteiger partial charge is 0.356 e. The van der Waals surface area contributed by atoms with Crippen molar-refractivity contribution in [2.24, 2.45) is 17.1 Å². The van der Waals surface area contributed by atoms with E-state index in [1.54, 1.807) is 0 Å². The van der Waals surface area contributed by atoms with E-state index < -0.39 is 0 Å². The third-order valence-corrected chi connectivity index (χ3v) is 3.81.